The minimum absolute atomic E-state index is 0.983. The zero-order valence-electron chi connectivity index (χ0n) is 6.37. The van der Waals surface area contributed by atoms with Crippen LogP contribution in [-0.2, 0) is 0 Å². The van der Waals surface area contributed by atoms with Crippen LogP contribution < -0.4 is 0 Å². The molecule has 3 heteroatoms. The summed E-state index contributed by atoms with van der Waals surface area (Å²) in [5.74, 6) is 0. The van der Waals surface area contributed by atoms with E-state index in [4.69, 9.17) is 0 Å². The first kappa shape index (κ1) is 7.55. The van der Waals surface area contributed by atoms with Crippen LogP contribution in [-0.4, -0.2) is 9.55 Å². The molecule has 0 amide bonds. The summed E-state index contributed by atoms with van der Waals surface area (Å²) in [4.78, 5) is 4.23. The molecule has 0 aliphatic rings. The summed E-state index contributed by atoms with van der Waals surface area (Å²) in [6.45, 7) is 3.70. The summed E-state index contributed by atoms with van der Waals surface area (Å²) in [5.41, 5.74) is 2.05. The average Bonchev–Trinajstić information content (AvgIpc) is 2.46. The Morgan fingerprint density at radius 1 is 1.58 bits per heavy atom. The Hall–Kier alpha value is -1.09. The van der Waals surface area contributed by atoms with Gasteiger partial charge in [-0.15, -0.1) is 0 Å². The largest absolute Gasteiger partial charge is 0.322 e. The van der Waals surface area contributed by atoms with Crippen LogP contribution in [0, 0.1) is 0 Å². The molecule has 0 fully saturated rings. The zero-order valence-corrected chi connectivity index (χ0v) is 7.95. The summed E-state index contributed by atoms with van der Waals surface area (Å²) in [7, 11) is 0. The Morgan fingerprint density at radius 3 is 3.17 bits per heavy atom. The number of hydrogen-bond acceptors (Lipinski definition) is 1. The van der Waals surface area contributed by atoms with Crippen molar-refractivity contribution in [3.8, 4) is 0 Å². The smallest absolute Gasteiger partial charge is 0.0885 e. The van der Waals surface area contributed by atoms with E-state index in [1.807, 2.05) is 22.9 Å². The molecule has 2 rings (SSSR count). The molecule has 0 radical (unpaired) electrons. The van der Waals surface area contributed by atoms with Gasteiger partial charge in [0.15, 0.2) is 0 Å². The topological polar surface area (TPSA) is 17.8 Å². The highest BCUT2D eigenvalue weighted by atomic mass is 79.9. The van der Waals surface area contributed by atoms with Gasteiger partial charge in [0.1, 0.15) is 0 Å². The lowest BCUT2D eigenvalue weighted by atomic mass is 10.4. The van der Waals surface area contributed by atoms with Crippen LogP contribution in [0.25, 0.3) is 17.2 Å². The fourth-order valence-corrected chi connectivity index (χ4v) is 1.48. The van der Waals surface area contributed by atoms with E-state index in [0.29, 0.717) is 0 Å². The standard InChI is InChI=1S/C9H7BrN2/c1-2-12-4-3-8-9(12)5-7(10)6-11-8/h2-6H,1H2. The van der Waals surface area contributed by atoms with Gasteiger partial charge >= 0.3 is 0 Å². The van der Waals surface area contributed by atoms with E-state index in [0.717, 1.165) is 15.5 Å². The second kappa shape index (κ2) is 2.75. The third-order valence-electron chi connectivity index (χ3n) is 1.73. The van der Waals surface area contributed by atoms with E-state index in [-0.39, 0.29) is 0 Å². The molecule has 0 saturated carbocycles. The molecule has 2 nitrogen and oxygen atoms in total. The number of hydrogen-bond donors (Lipinski definition) is 0. The Morgan fingerprint density at radius 2 is 2.42 bits per heavy atom. The van der Waals surface area contributed by atoms with Crippen LogP contribution in [0.5, 0.6) is 0 Å². The van der Waals surface area contributed by atoms with Gasteiger partial charge in [0, 0.05) is 23.1 Å². The molecule has 0 aliphatic carbocycles. The van der Waals surface area contributed by atoms with Gasteiger partial charge in [-0.2, -0.15) is 0 Å². The molecule has 2 aromatic rings. The van der Waals surface area contributed by atoms with Crippen molar-refractivity contribution in [2.24, 2.45) is 0 Å². The molecule has 12 heavy (non-hydrogen) atoms. The highest BCUT2D eigenvalue weighted by molar-refractivity contribution is 9.10. The molecule has 0 spiro atoms. The number of fused-ring (bicyclic) bond motifs is 1. The fraction of sp³-hybridized carbons (Fsp3) is 0. The molecule has 2 aromatic heterocycles. The number of pyridine rings is 1. The van der Waals surface area contributed by atoms with Crippen molar-refractivity contribution in [2.75, 3.05) is 0 Å². The van der Waals surface area contributed by atoms with Gasteiger partial charge in [0.05, 0.1) is 11.0 Å². The van der Waals surface area contributed by atoms with Gasteiger partial charge < -0.3 is 4.57 Å². The van der Waals surface area contributed by atoms with Crippen molar-refractivity contribution in [3.05, 3.63) is 35.6 Å². The van der Waals surface area contributed by atoms with Crippen LogP contribution in [0.4, 0.5) is 0 Å². The van der Waals surface area contributed by atoms with E-state index >= 15 is 0 Å². The lowest BCUT2D eigenvalue weighted by Crippen LogP contribution is -1.82. The fourth-order valence-electron chi connectivity index (χ4n) is 1.16. The molecule has 0 aromatic carbocycles. The van der Waals surface area contributed by atoms with Gasteiger partial charge in [-0.05, 0) is 28.1 Å². The van der Waals surface area contributed by atoms with Crippen molar-refractivity contribution < 1.29 is 0 Å². The van der Waals surface area contributed by atoms with Crippen LogP contribution in [0.1, 0.15) is 0 Å². The number of nitrogens with zero attached hydrogens (tertiary/aromatic N) is 2. The maximum Gasteiger partial charge on any atom is 0.0885 e. The lowest BCUT2D eigenvalue weighted by Gasteiger charge is -1.95. The quantitative estimate of drug-likeness (QED) is 0.726. The SMILES string of the molecule is C=Cn1ccc2ncc(Br)cc21. The van der Waals surface area contributed by atoms with E-state index in [9.17, 15) is 0 Å². The van der Waals surface area contributed by atoms with E-state index in [1.54, 1.807) is 12.4 Å². The second-order valence-electron chi connectivity index (χ2n) is 2.46. The predicted molar refractivity (Wildman–Crippen MR) is 53.8 cm³/mol. The van der Waals surface area contributed by atoms with E-state index in [1.165, 1.54) is 0 Å². The van der Waals surface area contributed by atoms with Crippen molar-refractivity contribution in [3.63, 3.8) is 0 Å². The summed E-state index contributed by atoms with van der Waals surface area (Å²) in [6.07, 6.45) is 5.49. The highest BCUT2D eigenvalue weighted by Gasteiger charge is 1.99. The van der Waals surface area contributed by atoms with Crippen molar-refractivity contribution >= 4 is 33.2 Å². The van der Waals surface area contributed by atoms with Gasteiger partial charge in [-0.3, -0.25) is 4.98 Å². The third-order valence-corrected chi connectivity index (χ3v) is 2.17. The van der Waals surface area contributed by atoms with E-state index < -0.39 is 0 Å². The molecule has 2 heterocycles. The highest BCUT2D eigenvalue weighted by Crippen LogP contribution is 2.18. The first-order valence-electron chi connectivity index (χ1n) is 3.56. The van der Waals surface area contributed by atoms with Crippen molar-refractivity contribution in [1.29, 1.82) is 0 Å². The third kappa shape index (κ3) is 1.06. The Bertz CT molecular complexity index is 431. The molecule has 60 valence electrons. The Balaban J connectivity index is 2.83. The van der Waals surface area contributed by atoms with Gasteiger partial charge in [-0.25, -0.2) is 0 Å². The minimum atomic E-state index is 0.983. The predicted octanol–water partition coefficient (Wildman–Crippen LogP) is 2.90. The first-order valence-corrected chi connectivity index (χ1v) is 4.35. The van der Waals surface area contributed by atoms with Gasteiger partial charge in [-0.1, -0.05) is 6.58 Å². The van der Waals surface area contributed by atoms with Crippen LogP contribution in [0.15, 0.2) is 35.6 Å². The average molecular weight is 223 g/mol. The van der Waals surface area contributed by atoms with Crippen LogP contribution in [0.3, 0.4) is 0 Å². The molecule has 0 saturated heterocycles. The zero-order chi connectivity index (χ0) is 8.55. The maximum absolute atomic E-state index is 4.23. The van der Waals surface area contributed by atoms with Crippen LogP contribution in [0.2, 0.25) is 0 Å². The van der Waals surface area contributed by atoms with Crippen molar-refractivity contribution in [1.82, 2.24) is 9.55 Å². The number of halogens is 1. The minimum Gasteiger partial charge on any atom is -0.322 e. The monoisotopic (exact) mass is 222 g/mol. The molecular formula is C9H7BrN2. The molecule has 0 N–H and O–H groups in total. The number of aromatic nitrogens is 2. The summed E-state index contributed by atoms with van der Waals surface area (Å²) >= 11 is 3.37. The Kier molecular flexibility index (Phi) is 1.73. The summed E-state index contributed by atoms with van der Waals surface area (Å²) in [5, 5.41) is 0. The first-order chi connectivity index (χ1) is 5.81. The molecule has 0 atom stereocenters. The summed E-state index contributed by atoms with van der Waals surface area (Å²) in [6, 6.07) is 3.98. The maximum atomic E-state index is 4.23. The molecule has 0 bridgehead atoms. The lowest BCUT2D eigenvalue weighted by molar-refractivity contribution is 1.22. The Labute approximate surface area is 78.7 Å². The van der Waals surface area contributed by atoms with E-state index in [2.05, 4.69) is 27.5 Å². The van der Waals surface area contributed by atoms with Crippen LogP contribution >= 0.6 is 15.9 Å². The van der Waals surface area contributed by atoms with Gasteiger partial charge in [0.25, 0.3) is 0 Å². The molecule has 0 unspecified atom stereocenters. The molecule has 0 aliphatic heterocycles. The van der Waals surface area contributed by atoms with Gasteiger partial charge in [0.2, 0.25) is 0 Å². The summed E-state index contributed by atoms with van der Waals surface area (Å²) < 4.78 is 2.92. The molecular weight excluding hydrogens is 216 g/mol. The normalized spacial score (nSPS) is 10.4. The second-order valence-corrected chi connectivity index (χ2v) is 3.38. The van der Waals surface area contributed by atoms with Crippen molar-refractivity contribution in [2.45, 2.75) is 0 Å². The number of rotatable bonds is 1.